The Kier molecular flexibility index (Phi) is 6.22. The lowest BCUT2D eigenvalue weighted by atomic mass is 10.0. The summed E-state index contributed by atoms with van der Waals surface area (Å²) >= 11 is 5.90. The van der Waals surface area contributed by atoms with Gasteiger partial charge in [-0.3, -0.25) is 0 Å². The first-order valence-corrected chi connectivity index (χ1v) is 11.9. The quantitative estimate of drug-likeness (QED) is 0.645. The van der Waals surface area contributed by atoms with Crippen LogP contribution in [-0.4, -0.2) is 37.2 Å². The molecule has 2 aromatic carbocycles. The van der Waals surface area contributed by atoms with Gasteiger partial charge in [-0.2, -0.15) is 0 Å². The number of halogens is 1. The van der Waals surface area contributed by atoms with Crippen molar-refractivity contribution < 1.29 is 22.7 Å². The maximum atomic E-state index is 13.5. The normalized spacial score (nSPS) is 23.1. The molecule has 0 aromatic heterocycles. The van der Waals surface area contributed by atoms with Gasteiger partial charge in [0, 0.05) is 10.9 Å². The molecule has 1 amide bonds. The second kappa shape index (κ2) is 8.28. The van der Waals surface area contributed by atoms with E-state index in [1.54, 1.807) is 32.9 Å². The molecule has 31 heavy (non-hydrogen) atoms. The third kappa shape index (κ3) is 4.62. The summed E-state index contributed by atoms with van der Waals surface area (Å²) in [4.78, 5) is 24.8. The van der Waals surface area contributed by atoms with Crippen molar-refractivity contribution in [1.29, 1.82) is 0 Å². The van der Waals surface area contributed by atoms with Crippen molar-refractivity contribution in [2.24, 2.45) is 0 Å². The Morgan fingerprint density at radius 2 is 1.71 bits per heavy atom. The maximum Gasteiger partial charge on any atom is 0.408 e. The standard InChI is InChI=1S/C23H26ClNO5S/c1-5-15-6-8-16(9-7-15)19-20(31(28,29)18-12-10-17(24)11-13-18)23(19,14-26)25-21(27)30-22(2,3)4/h6-14,19-20H,5H2,1-4H3,(H,25,27)/t19-,20+,23-/m1/s1. The predicted octanol–water partition coefficient (Wildman–Crippen LogP) is 4.30. The topological polar surface area (TPSA) is 89.5 Å². The van der Waals surface area contributed by atoms with Gasteiger partial charge in [-0.05, 0) is 62.6 Å². The highest BCUT2D eigenvalue weighted by Crippen LogP contribution is 2.56. The van der Waals surface area contributed by atoms with Gasteiger partial charge in [-0.1, -0.05) is 42.8 Å². The monoisotopic (exact) mass is 463 g/mol. The number of rotatable bonds is 6. The van der Waals surface area contributed by atoms with Gasteiger partial charge in [0.2, 0.25) is 0 Å². The third-order valence-corrected chi connectivity index (χ3v) is 7.83. The molecule has 1 fully saturated rings. The van der Waals surface area contributed by atoms with E-state index in [-0.39, 0.29) is 4.90 Å². The van der Waals surface area contributed by atoms with Crippen LogP contribution < -0.4 is 5.32 Å². The predicted molar refractivity (Wildman–Crippen MR) is 119 cm³/mol. The molecule has 166 valence electrons. The summed E-state index contributed by atoms with van der Waals surface area (Å²) in [7, 11) is -3.96. The molecule has 0 radical (unpaired) electrons. The number of alkyl carbamates (subject to hydrolysis) is 1. The first-order chi connectivity index (χ1) is 14.4. The lowest BCUT2D eigenvalue weighted by molar-refractivity contribution is -0.110. The lowest BCUT2D eigenvalue weighted by Gasteiger charge is -2.22. The summed E-state index contributed by atoms with van der Waals surface area (Å²) in [5, 5.41) is 1.78. The Bertz CT molecular complexity index is 1070. The van der Waals surface area contributed by atoms with Crippen molar-refractivity contribution in [3.63, 3.8) is 0 Å². The van der Waals surface area contributed by atoms with Crippen LogP contribution in [0.2, 0.25) is 5.02 Å². The van der Waals surface area contributed by atoms with E-state index in [0.717, 1.165) is 12.0 Å². The largest absolute Gasteiger partial charge is 0.444 e. The molecule has 1 aliphatic carbocycles. The summed E-state index contributed by atoms with van der Waals surface area (Å²) in [6.07, 6.45) is 0.489. The SMILES string of the molecule is CCc1ccc([C@@H]2[C@H](S(=O)(=O)c3ccc(Cl)cc3)[C@]2(C=O)NC(=O)OC(C)(C)C)cc1. The third-order valence-electron chi connectivity index (χ3n) is 5.32. The molecule has 0 spiro atoms. The van der Waals surface area contributed by atoms with E-state index in [1.165, 1.54) is 24.3 Å². The zero-order chi connectivity index (χ0) is 23.0. The number of aldehydes is 1. The van der Waals surface area contributed by atoms with Gasteiger partial charge in [-0.25, -0.2) is 13.2 Å². The Balaban J connectivity index is 2.04. The molecule has 3 rings (SSSR count). The van der Waals surface area contributed by atoms with E-state index in [4.69, 9.17) is 16.3 Å². The second-order valence-corrected chi connectivity index (χ2v) is 11.2. The Labute approximate surface area is 187 Å². The number of sulfone groups is 1. The van der Waals surface area contributed by atoms with Crippen LogP contribution in [0.25, 0.3) is 0 Å². The molecule has 0 heterocycles. The fourth-order valence-electron chi connectivity index (χ4n) is 3.79. The van der Waals surface area contributed by atoms with Crippen molar-refractivity contribution in [1.82, 2.24) is 5.32 Å². The van der Waals surface area contributed by atoms with Gasteiger partial charge in [0.25, 0.3) is 0 Å². The summed E-state index contributed by atoms with van der Waals surface area (Å²) < 4.78 is 32.2. The minimum atomic E-state index is -3.96. The van der Waals surface area contributed by atoms with Crippen molar-refractivity contribution in [2.45, 2.75) is 61.3 Å². The van der Waals surface area contributed by atoms with Gasteiger partial charge >= 0.3 is 6.09 Å². The fourth-order valence-corrected chi connectivity index (χ4v) is 6.16. The number of carbonyl (C=O) groups is 2. The summed E-state index contributed by atoms with van der Waals surface area (Å²) in [5.74, 6) is -0.746. The van der Waals surface area contributed by atoms with E-state index < -0.39 is 38.2 Å². The molecule has 0 bridgehead atoms. The van der Waals surface area contributed by atoms with E-state index in [9.17, 15) is 18.0 Å². The molecule has 1 aliphatic rings. The number of benzene rings is 2. The zero-order valence-electron chi connectivity index (χ0n) is 17.9. The molecule has 2 aromatic rings. The van der Waals surface area contributed by atoms with Gasteiger partial charge < -0.3 is 14.8 Å². The molecule has 3 atom stereocenters. The minimum absolute atomic E-state index is 0.0341. The molecule has 1 saturated carbocycles. The number of aryl methyl sites for hydroxylation is 1. The molecular weight excluding hydrogens is 438 g/mol. The summed E-state index contributed by atoms with van der Waals surface area (Å²) in [6.45, 7) is 7.08. The number of amides is 1. The molecule has 0 aliphatic heterocycles. The molecule has 1 N–H and O–H groups in total. The minimum Gasteiger partial charge on any atom is -0.444 e. The maximum absolute atomic E-state index is 13.5. The van der Waals surface area contributed by atoms with Crippen LogP contribution in [0, 0.1) is 0 Å². The highest BCUT2D eigenvalue weighted by molar-refractivity contribution is 7.92. The highest BCUT2D eigenvalue weighted by atomic mass is 35.5. The number of nitrogens with one attached hydrogen (secondary N) is 1. The van der Waals surface area contributed by atoms with Crippen LogP contribution in [-0.2, 0) is 25.8 Å². The highest BCUT2D eigenvalue weighted by Gasteiger charge is 2.73. The van der Waals surface area contributed by atoms with Crippen molar-refractivity contribution >= 4 is 33.8 Å². The smallest absolute Gasteiger partial charge is 0.408 e. The number of hydrogen-bond donors (Lipinski definition) is 1. The average Bonchev–Trinajstić information content (AvgIpc) is 3.36. The zero-order valence-corrected chi connectivity index (χ0v) is 19.5. The van der Waals surface area contributed by atoms with E-state index >= 15 is 0 Å². The van der Waals surface area contributed by atoms with Crippen LogP contribution in [0.5, 0.6) is 0 Å². The van der Waals surface area contributed by atoms with E-state index in [2.05, 4.69) is 5.32 Å². The van der Waals surface area contributed by atoms with Crippen LogP contribution in [0.1, 0.15) is 44.7 Å². The van der Waals surface area contributed by atoms with Gasteiger partial charge in [0.15, 0.2) is 9.84 Å². The number of hydrogen-bond acceptors (Lipinski definition) is 5. The van der Waals surface area contributed by atoms with Crippen LogP contribution in [0.3, 0.4) is 0 Å². The lowest BCUT2D eigenvalue weighted by Crippen LogP contribution is -2.45. The first kappa shape index (κ1) is 23.3. The molecule has 8 heteroatoms. The summed E-state index contributed by atoms with van der Waals surface area (Å²) in [6, 6.07) is 13.1. The van der Waals surface area contributed by atoms with Gasteiger partial charge in [-0.15, -0.1) is 0 Å². The van der Waals surface area contributed by atoms with Gasteiger partial charge in [0.05, 0.1) is 4.90 Å². The van der Waals surface area contributed by atoms with Crippen LogP contribution in [0.4, 0.5) is 4.79 Å². The number of carbonyl (C=O) groups excluding carboxylic acids is 2. The number of ether oxygens (including phenoxy) is 1. The molecule has 0 saturated heterocycles. The molecule has 0 unspecified atom stereocenters. The Morgan fingerprint density at radius 1 is 1.13 bits per heavy atom. The van der Waals surface area contributed by atoms with Crippen molar-refractivity contribution in [3.8, 4) is 0 Å². The van der Waals surface area contributed by atoms with E-state index in [1.807, 2.05) is 19.1 Å². The Hall–Kier alpha value is -2.38. The second-order valence-electron chi connectivity index (χ2n) is 8.67. The van der Waals surface area contributed by atoms with E-state index in [0.29, 0.717) is 16.9 Å². The van der Waals surface area contributed by atoms with Crippen LogP contribution >= 0.6 is 11.6 Å². The Morgan fingerprint density at radius 3 is 2.19 bits per heavy atom. The molecular formula is C23H26ClNO5S. The van der Waals surface area contributed by atoms with Crippen molar-refractivity contribution in [3.05, 3.63) is 64.7 Å². The van der Waals surface area contributed by atoms with Gasteiger partial charge in [0.1, 0.15) is 22.7 Å². The average molecular weight is 464 g/mol. The van der Waals surface area contributed by atoms with Crippen molar-refractivity contribution in [2.75, 3.05) is 0 Å². The molecule has 6 nitrogen and oxygen atoms in total. The first-order valence-electron chi connectivity index (χ1n) is 10.0. The van der Waals surface area contributed by atoms with Crippen LogP contribution in [0.15, 0.2) is 53.4 Å². The fraction of sp³-hybridized carbons (Fsp3) is 0.391. The summed E-state index contributed by atoms with van der Waals surface area (Å²) in [5.41, 5.74) is -0.693.